The Morgan fingerprint density at radius 3 is 2.63 bits per heavy atom. The van der Waals surface area contributed by atoms with Gasteiger partial charge in [-0.2, -0.15) is 11.8 Å². The van der Waals surface area contributed by atoms with Gasteiger partial charge in [0.1, 0.15) is 6.61 Å². The Labute approximate surface area is 117 Å². The molecule has 4 heteroatoms. The number of rotatable bonds is 5. The van der Waals surface area contributed by atoms with E-state index in [1.54, 1.807) is 36.3 Å². The first-order valence-electron chi connectivity index (χ1n) is 5.93. The molecule has 19 heavy (non-hydrogen) atoms. The lowest BCUT2D eigenvalue weighted by molar-refractivity contribution is 0.0472. The van der Waals surface area contributed by atoms with Gasteiger partial charge in [-0.25, -0.2) is 4.79 Å². The third-order valence-electron chi connectivity index (χ3n) is 2.59. The minimum absolute atomic E-state index is 0.249. The fourth-order valence-electron chi connectivity index (χ4n) is 1.62. The number of esters is 1. The van der Waals surface area contributed by atoms with Gasteiger partial charge < -0.3 is 4.74 Å². The number of benzene rings is 1. The summed E-state index contributed by atoms with van der Waals surface area (Å²) in [6.45, 7) is 0.249. The number of thioether (sulfide) groups is 1. The number of nitrogens with zero attached hydrogens (tertiary/aromatic N) is 1. The third-order valence-corrected chi connectivity index (χ3v) is 3.22. The van der Waals surface area contributed by atoms with Crippen LogP contribution in [-0.2, 0) is 17.1 Å². The molecule has 98 valence electrons. The molecule has 0 N–H and O–H groups in total. The molecule has 0 amide bonds. The summed E-state index contributed by atoms with van der Waals surface area (Å²) in [5.41, 5.74) is 2.67. The van der Waals surface area contributed by atoms with Gasteiger partial charge in [-0.05, 0) is 30.0 Å². The predicted molar refractivity (Wildman–Crippen MR) is 77.0 cm³/mol. The predicted octanol–water partition coefficient (Wildman–Crippen LogP) is 3.30. The van der Waals surface area contributed by atoms with Crippen LogP contribution in [0.5, 0.6) is 0 Å². The van der Waals surface area contributed by atoms with Crippen molar-refractivity contribution < 1.29 is 9.53 Å². The number of carbonyl (C=O) groups is 1. The van der Waals surface area contributed by atoms with Gasteiger partial charge in [0.2, 0.25) is 0 Å². The van der Waals surface area contributed by atoms with Crippen molar-refractivity contribution in [1.82, 2.24) is 4.98 Å². The van der Waals surface area contributed by atoms with E-state index in [-0.39, 0.29) is 12.6 Å². The molecule has 0 unspecified atom stereocenters. The number of pyridine rings is 1. The Hall–Kier alpha value is -1.81. The molecule has 0 radical (unpaired) electrons. The SMILES string of the molecule is CSCc1ccc(C(=O)OCc2cccnc2)cc1. The van der Waals surface area contributed by atoms with Gasteiger partial charge in [-0.15, -0.1) is 0 Å². The zero-order valence-electron chi connectivity index (χ0n) is 10.7. The highest BCUT2D eigenvalue weighted by molar-refractivity contribution is 7.97. The van der Waals surface area contributed by atoms with E-state index in [1.165, 1.54) is 5.56 Å². The van der Waals surface area contributed by atoms with E-state index in [0.717, 1.165) is 11.3 Å². The Kier molecular flexibility index (Phi) is 4.98. The lowest BCUT2D eigenvalue weighted by atomic mass is 10.1. The van der Waals surface area contributed by atoms with Crippen molar-refractivity contribution in [3.05, 3.63) is 65.5 Å². The second-order valence-corrected chi connectivity index (χ2v) is 4.93. The first-order valence-corrected chi connectivity index (χ1v) is 7.33. The van der Waals surface area contributed by atoms with E-state index in [0.29, 0.717) is 5.56 Å². The summed E-state index contributed by atoms with van der Waals surface area (Å²) in [5, 5.41) is 0. The van der Waals surface area contributed by atoms with Crippen LogP contribution in [0.25, 0.3) is 0 Å². The average Bonchev–Trinajstić information content (AvgIpc) is 2.47. The lowest BCUT2D eigenvalue weighted by Gasteiger charge is -2.05. The summed E-state index contributed by atoms with van der Waals surface area (Å²) in [5.74, 6) is 0.643. The van der Waals surface area contributed by atoms with Crippen LogP contribution in [0.3, 0.4) is 0 Å². The quantitative estimate of drug-likeness (QED) is 0.784. The molecule has 0 saturated heterocycles. The zero-order valence-corrected chi connectivity index (χ0v) is 11.5. The molecule has 1 aromatic heterocycles. The maximum Gasteiger partial charge on any atom is 0.338 e. The molecular weight excluding hydrogens is 258 g/mol. The van der Waals surface area contributed by atoms with Gasteiger partial charge in [0.05, 0.1) is 5.56 Å². The largest absolute Gasteiger partial charge is 0.457 e. The van der Waals surface area contributed by atoms with E-state index in [1.807, 2.05) is 24.3 Å². The van der Waals surface area contributed by atoms with Gasteiger partial charge in [-0.3, -0.25) is 4.98 Å². The first-order chi connectivity index (χ1) is 9.29. The molecule has 0 spiro atoms. The van der Waals surface area contributed by atoms with E-state index in [4.69, 9.17) is 4.74 Å². The number of aromatic nitrogens is 1. The maximum absolute atomic E-state index is 11.8. The van der Waals surface area contributed by atoms with Crippen LogP contribution >= 0.6 is 11.8 Å². The van der Waals surface area contributed by atoms with Gasteiger partial charge in [-0.1, -0.05) is 18.2 Å². The van der Waals surface area contributed by atoms with Crippen LogP contribution in [0.15, 0.2) is 48.8 Å². The maximum atomic E-state index is 11.8. The van der Waals surface area contributed by atoms with Gasteiger partial charge in [0, 0.05) is 23.7 Å². The summed E-state index contributed by atoms with van der Waals surface area (Å²) < 4.78 is 5.23. The van der Waals surface area contributed by atoms with Crippen LogP contribution < -0.4 is 0 Å². The molecule has 1 aromatic carbocycles. The summed E-state index contributed by atoms with van der Waals surface area (Å²) in [4.78, 5) is 15.8. The van der Waals surface area contributed by atoms with E-state index >= 15 is 0 Å². The monoisotopic (exact) mass is 273 g/mol. The van der Waals surface area contributed by atoms with Crippen LogP contribution in [0.2, 0.25) is 0 Å². The highest BCUT2D eigenvalue weighted by Crippen LogP contribution is 2.12. The summed E-state index contributed by atoms with van der Waals surface area (Å²) in [6, 6.07) is 11.2. The van der Waals surface area contributed by atoms with Gasteiger partial charge >= 0.3 is 5.97 Å². The van der Waals surface area contributed by atoms with Crippen LogP contribution in [-0.4, -0.2) is 17.2 Å². The molecule has 0 bridgehead atoms. The zero-order chi connectivity index (χ0) is 13.5. The number of carbonyl (C=O) groups excluding carboxylic acids is 1. The van der Waals surface area contributed by atoms with E-state index in [9.17, 15) is 4.79 Å². The second-order valence-electron chi connectivity index (χ2n) is 4.07. The van der Waals surface area contributed by atoms with Crippen molar-refractivity contribution in [2.75, 3.05) is 6.26 Å². The third kappa shape index (κ3) is 4.10. The molecule has 0 aliphatic carbocycles. The van der Waals surface area contributed by atoms with Crippen molar-refractivity contribution in [2.45, 2.75) is 12.4 Å². The molecule has 2 aromatic rings. The molecule has 0 fully saturated rings. The lowest BCUT2D eigenvalue weighted by Crippen LogP contribution is -2.05. The Morgan fingerprint density at radius 1 is 1.21 bits per heavy atom. The van der Waals surface area contributed by atoms with Gasteiger partial charge in [0.15, 0.2) is 0 Å². The molecule has 1 heterocycles. The highest BCUT2D eigenvalue weighted by atomic mass is 32.2. The van der Waals surface area contributed by atoms with Crippen molar-refractivity contribution in [2.24, 2.45) is 0 Å². The van der Waals surface area contributed by atoms with E-state index < -0.39 is 0 Å². The summed E-state index contributed by atoms with van der Waals surface area (Å²) >= 11 is 1.75. The molecule has 0 aliphatic heterocycles. The normalized spacial score (nSPS) is 10.2. The molecule has 0 saturated carbocycles. The number of hydrogen-bond acceptors (Lipinski definition) is 4. The fourth-order valence-corrected chi connectivity index (χ4v) is 2.15. The molecule has 3 nitrogen and oxygen atoms in total. The minimum atomic E-state index is -0.306. The minimum Gasteiger partial charge on any atom is -0.457 e. The Morgan fingerprint density at radius 2 is 2.00 bits per heavy atom. The first kappa shape index (κ1) is 13.6. The topological polar surface area (TPSA) is 39.2 Å². The fraction of sp³-hybridized carbons (Fsp3) is 0.200. The average molecular weight is 273 g/mol. The molecular formula is C15H15NO2S. The van der Waals surface area contributed by atoms with Crippen molar-refractivity contribution in [3.63, 3.8) is 0 Å². The molecule has 2 rings (SSSR count). The number of ether oxygens (including phenoxy) is 1. The summed E-state index contributed by atoms with van der Waals surface area (Å²) in [6.07, 6.45) is 5.43. The Balaban J connectivity index is 1.92. The van der Waals surface area contributed by atoms with Crippen LogP contribution in [0.1, 0.15) is 21.5 Å². The smallest absolute Gasteiger partial charge is 0.338 e. The Bertz CT molecular complexity index is 526. The van der Waals surface area contributed by atoms with Crippen molar-refractivity contribution in [3.8, 4) is 0 Å². The molecule has 0 aliphatic rings. The molecule has 0 atom stereocenters. The van der Waals surface area contributed by atoms with Crippen molar-refractivity contribution in [1.29, 1.82) is 0 Å². The van der Waals surface area contributed by atoms with Gasteiger partial charge in [0.25, 0.3) is 0 Å². The highest BCUT2D eigenvalue weighted by Gasteiger charge is 2.07. The van der Waals surface area contributed by atoms with Crippen molar-refractivity contribution >= 4 is 17.7 Å². The number of hydrogen-bond donors (Lipinski definition) is 0. The van der Waals surface area contributed by atoms with Crippen LogP contribution in [0.4, 0.5) is 0 Å². The summed E-state index contributed by atoms with van der Waals surface area (Å²) in [7, 11) is 0. The standard InChI is InChI=1S/C15H15NO2S/c1-19-11-12-4-6-14(7-5-12)15(17)18-10-13-3-2-8-16-9-13/h2-9H,10-11H2,1H3. The van der Waals surface area contributed by atoms with Crippen LogP contribution in [0, 0.1) is 0 Å². The second kappa shape index (κ2) is 6.95. The van der Waals surface area contributed by atoms with E-state index in [2.05, 4.69) is 11.2 Å².